The number of hydrogen-bond acceptors (Lipinski definition) is 2. The van der Waals surface area contributed by atoms with Crippen LogP contribution >= 0.6 is 11.6 Å². The van der Waals surface area contributed by atoms with E-state index in [1.54, 1.807) is 29.9 Å². The maximum absolute atomic E-state index is 13.0. The Hall–Kier alpha value is -2.66. The Morgan fingerprint density at radius 1 is 1.20 bits per heavy atom. The second-order valence-electron chi connectivity index (χ2n) is 5.68. The topological polar surface area (TPSA) is 46.9 Å². The third-order valence-electron chi connectivity index (χ3n) is 3.84. The molecule has 0 aliphatic heterocycles. The number of aromatic nitrogens is 2. The number of benzene rings is 2. The number of aryl methyl sites for hydroxylation is 1. The summed E-state index contributed by atoms with van der Waals surface area (Å²) in [6, 6.07) is 15.3. The van der Waals surface area contributed by atoms with E-state index in [1.807, 2.05) is 24.3 Å². The van der Waals surface area contributed by atoms with Gasteiger partial charge in [0, 0.05) is 18.6 Å². The van der Waals surface area contributed by atoms with Gasteiger partial charge in [0.15, 0.2) is 5.69 Å². The van der Waals surface area contributed by atoms with Gasteiger partial charge in [-0.15, -0.1) is 0 Å². The lowest BCUT2D eigenvalue weighted by atomic mass is 10.1. The first-order chi connectivity index (χ1) is 12.0. The van der Waals surface area contributed by atoms with E-state index >= 15 is 0 Å². The summed E-state index contributed by atoms with van der Waals surface area (Å²) in [7, 11) is 1.75. The van der Waals surface area contributed by atoms with Gasteiger partial charge in [0.25, 0.3) is 5.91 Å². The minimum atomic E-state index is -0.301. The van der Waals surface area contributed by atoms with E-state index in [4.69, 9.17) is 11.6 Å². The quantitative estimate of drug-likeness (QED) is 0.753. The number of hydrogen-bond donors (Lipinski definition) is 1. The third-order valence-corrected chi connectivity index (χ3v) is 4.08. The lowest BCUT2D eigenvalue weighted by Gasteiger charge is -2.04. The molecule has 4 nitrogen and oxygen atoms in total. The van der Waals surface area contributed by atoms with Gasteiger partial charge in [0.05, 0.1) is 5.69 Å². The zero-order chi connectivity index (χ0) is 17.8. The van der Waals surface area contributed by atoms with Gasteiger partial charge in [-0.05, 0) is 60.0 Å². The molecule has 0 aliphatic rings. The molecular formula is C19H17ClFN3O. The summed E-state index contributed by atoms with van der Waals surface area (Å²) >= 11 is 5.95. The van der Waals surface area contributed by atoms with Gasteiger partial charge in [-0.1, -0.05) is 23.7 Å². The van der Waals surface area contributed by atoms with Gasteiger partial charge in [-0.2, -0.15) is 5.10 Å². The molecule has 3 rings (SSSR count). The van der Waals surface area contributed by atoms with Crippen LogP contribution < -0.4 is 5.32 Å². The van der Waals surface area contributed by atoms with Crippen LogP contribution in [0.2, 0.25) is 5.02 Å². The number of rotatable bonds is 5. The molecule has 1 heterocycles. The molecule has 2 aromatic carbocycles. The van der Waals surface area contributed by atoms with Crippen LogP contribution in [0.3, 0.4) is 0 Å². The first-order valence-corrected chi connectivity index (χ1v) is 8.23. The summed E-state index contributed by atoms with van der Waals surface area (Å²) in [5, 5.41) is 7.77. The zero-order valence-corrected chi connectivity index (χ0v) is 14.4. The molecule has 1 aromatic heterocycles. The Morgan fingerprint density at radius 2 is 1.96 bits per heavy atom. The lowest BCUT2D eigenvalue weighted by molar-refractivity contribution is 0.0948. The molecular weight excluding hydrogens is 341 g/mol. The van der Waals surface area contributed by atoms with Crippen molar-refractivity contribution in [3.05, 3.63) is 76.7 Å². The Kier molecular flexibility index (Phi) is 5.14. The van der Waals surface area contributed by atoms with Gasteiger partial charge >= 0.3 is 0 Å². The van der Waals surface area contributed by atoms with E-state index in [9.17, 15) is 9.18 Å². The van der Waals surface area contributed by atoms with Crippen LogP contribution in [-0.4, -0.2) is 22.2 Å². The standard InChI is InChI=1S/C19H17ClFN3O/c1-24-18(14-5-7-16(21)8-6-14)12-17(23-24)19(25)22-10-9-13-3-2-4-15(20)11-13/h2-8,11-12H,9-10H2,1H3,(H,22,25). The Labute approximate surface area is 150 Å². The summed E-state index contributed by atoms with van der Waals surface area (Å²) < 4.78 is 14.7. The smallest absolute Gasteiger partial charge is 0.271 e. The van der Waals surface area contributed by atoms with E-state index < -0.39 is 0 Å². The summed E-state index contributed by atoms with van der Waals surface area (Å²) in [6.07, 6.45) is 0.684. The van der Waals surface area contributed by atoms with E-state index in [-0.39, 0.29) is 11.7 Å². The number of carbonyl (C=O) groups is 1. The first-order valence-electron chi connectivity index (χ1n) is 7.85. The molecule has 1 N–H and O–H groups in total. The molecule has 128 valence electrons. The highest BCUT2D eigenvalue weighted by molar-refractivity contribution is 6.30. The molecule has 0 aliphatic carbocycles. The molecule has 0 radical (unpaired) electrons. The van der Waals surface area contributed by atoms with Crippen molar-refractivity contribution >= 4 is 17.5 Å². The fraction of sp³-hybridized carbons (Fsp3) is 0.158. The predicted molar refractivity (Wildman–Crippen MR) is 96.1 cm³/mol. The van der Waals surface area contributed by atoms with Crippen molar-refractivity contribution < 1.29 is 9.18 Å². The molecule has 0 spiro atoms. The fourth-order valence-electron chi connectivity index (χ4n) is 2.57. The van der Waals surface area contributed by atoms with Gasteiger partial charge in [-0.3, -0.25) is 9.48 Å². The van der Waals surface area contributed by atoms with Crippen LogP contribution in [0, 0.1) is 5.82 Å². The third kappa shape index (κ3) is 4.25. The molecule has 1 amide bonds. The minimum absolute atomic E-state index is 0.244. The van der Waals surface area contributed by atoms with E-state index in [0.29, 0.717) is 23.7 Å². The molecule has 0 saturated carbocycles. The first kappa shape index (κ1) is 17.2. The highest BCUT2D eigenvalue weighted by atomic mass is 35.5. The highest BCUT2D eigenvalue weighted by Gasteiger charge is 2.13. The highest BCUT2D eigenvalue weighted by Crippen LogP contribution is 2.20. The van der Waals surface area contributed by atoms with Crippen molar-refractivity contribution in [3.63, 3.8) is 0 Å². The van der Waals surface area contributed by atoms with Crippen LogP contribution in [0.25, 0.3) is 11.3 Å². The summed E-state index contributed by atoms with van der Waals surface area (Å²) in [4.78, 5) is 12.3. The average molecular weight is 358 g/mol. The van der Waals surface area contributed by atoms with Crippen molar-refractivity contribution in [1.29, 1.82) is 0 Å². The lowest BCUT2D eigenvalue weighted by Crippen LogP contribution is -2.26. The zero-order valence-electron chi connectivity index (χ0n) is 13.7. The molecule has 0 saturated heterocycles. The number of amides is 1. The van der Waals surface area contributed by atoms with E-state index in [0.717, 1.165) is 16.8 Å². The second kappa shape index (κ2) is 7.49. The van der Waals surface area contributed by atoms with E-state index in [1.165, 1.54) is 12.1 Å². The Balaban J connectivity index is 1.64. The maximum atomic E-state index is 13.0. The predicted octanol–water partition coefficient (Wildman–Crippen LogP) is 3.85. The minimum Gasteiger partial charge on any atom is -0.350 e. The number of nitrogens with zero attached hydrogens (tertiary/aromatic N) is 2. The van der Waals surface area contributed by atoms with E-state index in [2.05, 4.69) is 10.4 Å². The van der Waals surface area contributed by atoms with Gasteiger partial charge < -0.3 is 5.32 Å². The summed E-state index contributed by atoms with van der Waals surface area (Å²) in [5.74, 6) is -0.545. The molecule has 0 unspecified atom stereocenters. The number of carbonyl (C=O) groups excluding carboxylic acids is 1. The van der Waals surface area contributed by atoms with Crippen molar-refractivity contribution in [3.8, 4) is 11.3 Å². The second-order valence-corrected chi connectivity index (χ2v) is 6.12. The van der Waals surface area contributed by atoms with Crippen LogP contribution in [-0.2, 0) is 13.5 Å². The Morgan fingerprint density at radius 3 is 2.68 bits per heavy atom. The molecule has 3 aromatic rings. The van der Waals surface area contributed by atoms with Crippen LogP contribution in [0.4, 0.5) is 4.39 Å². The fourth-order valence-corrected chi connectivity index (χ4v) is 2.79. The van der Waals surface area contributed by atoms with Crippen LogP contribution in [0.15, 0.2) is 54.6 Å². The normalized spacial score (nSPS) is 10.7. The largest absolute Gasteiger partial charge is 0.350 e. The molecule has 6 heteroatoms. The van der Waals surface area contributed by atoms with Crippen molar-refractivity contribution in [2.45, 2.75) is 6.42 Å². The molecule has 25 heavy (non-hydrogen) atoms. The van der Waals surface area contributed by atoms with Gasteiger partial charge in [-0.25, -0.2) is 4.39 Å². The van der Waals surface area contributed by atoms with Gasteiger partial charge in [0.1, 0.15) is 5.82 Å². The van der Waals surface area contributed by atoms with Crippen molar-refractivity contribution in [2.75, 3.05) is 6.54 Å². The number of halogens is 2. The average Bonchev–Trinajstić information content (AvgIpc) is 2.97. The summed E-state index contributed by atoms with van der Waals surface area (Å²) in [5.41, 5.74) is 2.93. The van der Waals surface area contributed by atoms with Gasteiger partial charge in [0.2, 0.25) is 0 Å². The maximum Gasteiger partial charge on any atom is 0.271 e. The molecule has 0 bridgehead atoms. The Bertz CT molecular complexity index is 890. The van der Waals surface area contributed by atoms with Crippen LogP contribution in [0.5, 0.6) is 0 Å². The summed E-state index contributed by atoms with van der Waals surface area (Å²) in [6.45, 7) is 0.488. The van der Waals surface area contributed by atoms with Crippen molar-refractivity contribution in [1.82, 2.24) is 15.1 Å². The SMILES string of the molecule is Cn1nc(C(=O)NCCc2cccc(Cl)c2)cc1-c1ccc(F)cc1. The molecule has 0 fully saturated rings. The van der Waals surface area contributed by atoms with Crippen LogP contribution in [0.1, 0.15) is 16.1 Å². The van der Waals surface area contributed by atoms with Crippen molar-refractivity contribution in [2.24, 2.45) is 7.05 Å². The molecule has 0 atom stereocenters. The number of nitrogens with one attached hydrogen (secondary N) is 1. The monoisotopic (exact) mass is 357 g/mol.